The molecule has 1 saturated heterocycles. The quantitative estimate of drug-likeness (QED) is 0.846. The monoisotopic (exact) mass is 296 g/mol. The molecule has 0 amide bonds. The summed E-state index contributed by atoms with van der Waals surface area (Å²) >= 11 is 4.85. The first-order valence-corrected chi connectivity index (χ1v) is 7.30. The highest BCUT2D eigenvalue weighted by Crippen LogP contribution is 2.20. The van der Waals surface area contributed by atoms with Crippen LogP contribution in [0.2, 0.25) is 0 Å². The highest BCUT2D eigenvalue weighted by Gasteiger charge is 2.20. The summed E-state index contributed by atoms with van der Waals surface area (Å²) in [6, 6.07) is 5.00. The standard InChI is InChI=1S/C15H21FN2OS/c1-19-10-11-4-6-18(7-5-11)9-13-3-2-12(15(17)20)8-14(13)16/h2-3,8,11H,4-7,9-10H2,1H3,(H2,17,20). The molecule has 5 heteroatoms. The summed E-state index contributed by atoms with van der Waals surface area (Å²) in [4.78, 5) is 2.52. The lowest BCUT2D eigenvalue weighted by Gasteiger charge is -2.31. The molecule has 1 fully saturated rings. The molecule has 0 radical (unpaired) electrons. The summed E-state index contributed by atoms with van der Waals surface area (Å²) in [6.07, 6.45) is 2.22. The Balaban J connectivity index is 1.93. The van der Waals surface area contributed by atoms with E-state index in [0.29, 0.717) is 23.6 Å². The zero-order valence-corrected chi connectivity index (χ0v) is 12.6. The van der Waals surface area contributed by atoms with Crippen LogP contribution in [-0.2, 0) is 11.3 Å². The summed E-state index contributed by atoms with van der Waals surface area (Å²) in [5, 5.41) is 0. The number of halogens is 1. The molecule has 0 unspecified atom stereocenters. The highest BCUT2D eigenvalue weighted by atomic mass is 32.1. The summed E-state index contributed by atoms with van der Waals surface area (Å²) in [7, 11) is 1.74. The molecule has 1 aliphatic rings. The Morgan fingerprint density at radius 1 is 1.45 bits per heavy atom. The van der Waals surface area contributed by atoms with E-state index in [9.17, 15) is 4.39 Å². The van der Waals surface area contributed by atoms with Crippen molar-refractivity contribution in [1.82, 2.24) is 4.90 Å². The number of likely N-dealkylation sites (tertiary alicyclic amines) is 1. The SMILES string of the molecule is COCC1CCN(Cc2ccc(C(N)=S)cc2F)CC1. The van der Waals surface area contributed by atoms with E-state index >= 15 is 0 Å². The number of nitrogens with two attached hydrogens (primary N) is 1. The Kier molecular flexibility index (Phi) is 5.46. The van der Waals surface area contributed by atoms with Gasteiger partial charge in [0.15, 0.2) is 0 Å². The van der Waals surface area contributed by atoms with Gasteiger partial charge in [-0.1, -0.05) is 24.4 Å². The summed E-state index contributed by atoms with van der Waals surface area (Å²) in [5.41, 5.74) is 6.79. The second kappa shape index (κ2) is 7.11. The van der Waals surface area contributed by atoms with Crippen LogP contribution in [0, 0.1) is 11.7 Å². The molecule has 2 rings (SSSR count). The predicted octanol–water partition coefficient (Wildman–Crippen LogP) is 2.32. The molecule has 1 aromatic carbocycles. The number of hydrogen-bond acceptors (Lipinski definition) is 3. The lowest BCUT2D eigenvalue weighted by atomic mass is 9.97. The molecular weight excluding hydrogens is 275 g/mol. The number of ether oxygens (including phenoxy) is 1. The molecule has 0 aliphatic carbocycles. The number of methoxy groups -OCH3 is 1. The first-order chi connectivity index (χ1) is 9.60. The van der Waals surface area contributed by atoms with Crippen molar-refractivity contribution in [2.24, 2.45) is 11.7 Å². The number of rotatable bonds is 5. The fraction of sp³-hybridized carbons (Fsp3) is 0.533. The molecule has 2 N–H and O–H groups in total. The van der Waals surface area contributed by atoms with Crippen LogP contribution >= 0.6 is 12.2 Å². The number of piperidine rings is 1. The van der Waals surface area contributed by atoms with Crippen LogP contribution < -0.4 is 5.73 Å². The molecule has 110 valence electrons. The second-order valence-electron chi connectivity index (χ2n) is 5.35. The van der Waals surface area contributed by atoms with E-state index in [2.05, 4.69) is 4.90 Å². The Hall–Kier alpha value is -1.04. The van der Waals surface area contributed by atoms with E-state index in [1.165, 1.54) is 6.07 Å². The van der Waals surface area contributed by atoms with Gasteiger partial charge in [-0.05, 0) is 37.9 Å². The molecule has 0 spiro atoms. The third-order valence-corrected chi connectivity index (χ3v) is 4.08. The topological polar surface area (TPSA) is 38.5 Å². The van der Waals surface area contributed by atoms with Crippen LogP contribution in [0.5, 0.6) is 0 Å². The van der Waals surface area contributed by atoms with Crippen molar-refractivity contribution >= 4 is 17.2 Å². The zero-order chi connectivity index (χ0) is 14.5. The van der Waals surface area contributed by atoms with Gasteiger partial charge in [0.2, 0.25) is 0 Å². The number of hydrogen-bond donors (Lipinski definition) is 1. The van der Waals surface area contributed by atoms with E-state index in [-0.39, 0.29) is 10.8 Å². The molecule has 0 saturated carbocycles. The van der Waals surface area contributed by atoms with Crippen LogP contribution in [0.25, 0.3) is 0 Å². The highest BCUT2D eigenvalue weighted by molar-refractivity contribution is 7.80. The van der Waals surface area contributed by atoms with Crippen molar-refractivity contribution in [3.05, 3.63) is 35.1 Å². The van der Waals surface area contributed by atoms with Crippen molar-refractivity contribution in [3.63, 3.8) is 0 Å². The molecule has 1 aromatic rings. The smallest absolute Gasteiger partial charge is 0.128 e. The van der Waals surface area contributed by atoms with Gasteiger partial charge in [0, 0.05) is 31.4 Å². The van der Waals surface area contributed by atoms with Crippen LogP contribution in [0.3, 0.4) is 0 Å². The van der Waals surface area contributed by atoms with E-state index in [1.807, 2.05) is 0 Å². The first kappa shape index (κ1) is 15.4. The summed E-state index contributed by atoms with van der Waals surface area (Å²) < 4.78 is 19.2. The van der Waals surface area contributed by atoms with Crippen LogP contribution in [0.1, 0.15) is 24.0 Å². The summed E-state index contributed by atoms with van der Waals surface area (Å²) in [6.45, 7) is 3.45. The molecule has 0 bridgehead atoms. The molecular formula is C15H21FN2OS. The van der Waals surface area contributed by atoms with Crippen LogP contribution in [0.4, 0.5) is 4.39 Å². The van der Waals surface area contributed by atoms with Crippen molar-refractivity contribution in [1.29, 1.82) is 0 Å². The molecule has 1 aliphatic heterocycles. The van der Waals surface area contributed by atoms with Crippen molar-refractivity contribution in [2.75, 3.05) is 26.8 Å². The van der Waals surface area contributed by atoms with E-state index in [0.717, 1.165) is 32.5 Å². The average molecular weight is 296 g/mol. The van der Waals surface area contributed by atoms with Gasteiger partial charge in [-0.25, -0.2) is 4.39 Å². The van der Waals surface area contributed by atoms with Gasteiger partial charge in [0.25, 0.3) is 0 Å². The van der Waals surface area contributed by atoms with Gasteiger partial charge in [0.05, 0.1) is 0 Å². The number of benzene rings is 1. The van der Waals surface area contributed by atoms with Gasteiger partial charge in [0.1, 0.15) is 10.8 Å². The predicted molar refractivity (Wildman–Crippen MR) is 82.2 cm³/mol. The maximum Gasteiger partial charge on any atom is 0.128 e. The molecule has 20 heavy (non-hydrogen) atoms. The maximum absolute atomic E-state index is 14.0. The third-order valence-electron chi connectivity index (χ3n) is 3.84. The average Bonchev–Trinajstić information content (AvgIpc) is 2.43. The lowest BCUT2D eigenvalue weighted by molar-refractivity contribution is 0.0964. The normalized spacial score (nSPS) is 17.3. The zero-order valence-electron chi connectivity index (χ0n) is 11.8. The fourth-order valence-electron chi connectivity index (χ4n) is 2.62. The number of thiocarbonyl (C=S) groups is 1. The Labute approximate surface area is 124 Å². The van der Waals surface area contributed by atoms with Crippen molar-refractivity contribution in [3.8, 4) is 0 Å². The summed E-state index contributed by atoms with van der Waals surface area (Å²) in [5.74, 6) is 0.410. The minimum atomic E-state index is -0.227. The Bertz CT molecular complexity index is 473. The van der Waals surface area contributed by atoms with Gasteiger partial charge in [-0.3, -0.25) is 4.90 Å². The minimum absolute atomic E-state index is 0.227. The largest absolute Gasteiger partial charge is 0.389 e. The van der Waals surface area contributed by atoms with Crippen molar-refractivity contribution in [2.45, 2.75) is 19.4 Å². The molecule has 0 aromatic heterocycles. The van der Waals surface area contributed by atoms with Crippen LogP contribution in [-0.4, -0.2) is 36.7 Å². The van der Waals surface area contributed by atoms with Gasteiger partial charge >= 0.3 is 0 Å². The van der Waals surface area contributed by atoms with Crippen LogP contribution in [0.15, 0.2) is 18.2 Å². The van der Waals surface area contributed by atoms with Crippen molar-refractivity contribution < 1.29 is 9.13 Å². The Morgan fingerprint density at radius 3 is 2.70 bits per heavy atom. The third kappa shape index (κ3) is 3.98. The lowest BCUT2D eigenvalue weighted by Crippen LogP contribution is -2.34. The fourth-order valence-corrected chi connectivity index (χ4v) is 2.74. The number of nitrogens with zero attached hydrogens (tertiary/aromatic N) is 1. The van der Waals surface area contributed by atoms with E-state index in [4.69, 9.17) is 22.7 Å². The minimum Gasteiger partial charge on any atom is -0.389 e. The Morgan fingerprint density at radius 2 is 2.15 bits per heavy atom. The molecule has 0 atom stereocenters. The van der Waals surface area contributed by atoms with Gasteiger partial charge in [-0.2, -0.15) is 0 Å². The van der Waals surface area contributed by atoms with E-state index < -0.39 is 0 Å². The second-order valence-corrected chi connectivity index (χ2v) is 5.79. The molecule has 3 nitrogen and oxygen atoms in total. The van der Waals surface area contributed by atoms with Gasteiger partial charge in [-0.15, -0.1) is 0 Å². The van der Waals surface area contributed by atoms with E-state index in [1.54, 1.807) is 19.2 Å². The molecule has 1 heterocycles. The maximum atomic E-state index is 14.0. The first-order valence-electron chi connectivity index (χ1n) is 6.89. The van der Waals surface area contributed by atoms with Gasteiger partial charge < -0.3 is 10.5 Å².